The minimum Gasteiger partial charge on any atom is -0.456 e. The Morgan fingerprint density at radius 3 is 2.59 bits per heavy atom. The summed E-state index contributed by atoms with van der Waals surface area (Å²) in [6.07, 6.45) is 4.31. The SMILES string of the molecule is C/C=C1\NC(=O)c2cccc(n2)CNC(=O)C[C@@H](/C=C/CCSC(C)=O)OC(=O)[C@H](Cc2cccc3ccccc23)NC1=O. The van der Waals surface area contributed by atoms with Gasteiger partial charge in [0, 0.05) is 19.1 Å². The first-order valence-electron chi connectivity index (χ1n) is 14.2. The van der Waals surface area contributed by atoms with Crippen molar-refractivity contribution in [2.75, 3.05) is 5.75 Å². The maximum Gasteiger partial charge on any atom is 0.329 e. The number of pyridine rings is 1. The molecular weight excluding hydrogens is 580 g/mol. The normalized spacial score (nSPS) is 19.4. The Labute approximate surface area is 259 Å². The number of carbonyl (C=O) groups excluding carboxylic acids is 5. The number of esters is 1. The second-order valence-corrected chi connectivity index (χ2v) is 11.3. The summed E-state index contributed by atoms with van der Waals surface area (Å²) in [6.45, 7) is 3.12. The van der Waals surface area contributed by atoms with Gasteiger partial charge in [0.15, 0.2) is 5.12 Å². The molecule has 3 amide bonds. The third kappa shape index (κ3) is 9.11. The summed E-state index contributed by atoms with van der Waals surface area (Å²) in [7, 11) is 0. The Hall–Kier alpha value is -4.77. The average molecular weight is 615 g/mol. The first kappa shape index (κ1) is 32.2. The second kappa shape index (κ2) is 15.6. The fourth-order valence-electron chi connectivity index (χ4n) is 4.61. The van der Waals surface area contributed by atoms with E-state index in [0.29, 0.717) is 17.9 Å². The van der Waals surface area contributed by atoms with Crippen LogP contribution in [0.2, 0.25) is 0 Å². The maximum atomic E-state index is 13.7. The van der Waals surface area contributed by atoms with E-state index >= 15 is 0 Å². The van der Waals surface area contributed by atoms with E-state index in [0.717, 1.165) is 16.3 Å². The highest BCUT2D eigenvalue weighted by molar-refractivity contribution is 8.13. The Morgan fingerprint density at radius 2 is 1.80 bits per heavy atom. The van der Waals surface area contributed by atoms with Gasteiger partial charge in [-0.2, -0.15) is 0 Å². The predicted octanol–water partition coefficient (Wildman–Crippen LogP) is 3.75. The molecule has 2 bridgehead atoms. The number of carbonyl (C=O) groups is 5. The number of hydrogen-bond donors (Lipinski definition) is 3. The third-order valence-electron chi connectivity index (χ3n) is 6.78. The molecule has 1 aromatic heterocycles. The van der Waals surface area contributed by atoms with Crippen LogP contribution in [0.1, 0.15) is 48.4 Å². The molecule has 4 rings (SSSR count). The van der Waals surface area contributed by atoms with Gasteiger partial charge < -0.3 is 20.7 Å². The Bertz CT molecular complexity index is 1610. The first-order valence-corrected chi connectivity index (χ1v) is 15.2. The van der Waals surface area contributed by atoms with Crippen molar-refractivity contribution in [3.63, 3.8) is 0 Å². The summed E-state index contributed by atoms with van der Waals surface area (Å²) in [5, 5.41) is 9.93. The largest absolute Gasteiger partial charge is 0.456 e. The molecule has 1 aliphatic rings. The van der Waals surface area contributed by atoms with Gasteiger partial charge in [0.25, 0.3) is 11.8 Å². The van der Waals surface area contributed by atoms with Gasteiger partial charge in [-0.15, -0.1) is 0 Å². The zero-order valence-electron chi connectivity index (χ0n) is 24.5. The highest BCUT2D eigenvalue weighted by Crippen LogP contribution is 2.21. The van der Waals surface area contributed by atoms with Crippen molar-refractivity contribution in [2.24, 2.45) is 0 Å². The molecule has 2 aromatic carbocycles. The summed E-state index contributed by atoms with van der Waals surface area (Å²) in [5.41, 5.74) is 1.24. The topological polar surface area (TPSA) is 144 Å². The molecular formula is C33H34N4O6S. The van der Waals surface area contributed by atoms with Crippen molar-refractivity contribution in [3.05, 3.63) is 102 Å². The summed E-state index contributed by atoms with van der Waals surface area (Å²) in [4.78, 5) is 68.6. The highest BCUT2D eigenvalue weighted by Gasteiger charge is 2.28. The van der Waals surface area contributed by atoms with E-state index in [1.165, 1.54) is 30.8 Å². The molecule has 0 spiro atoms. The van der Waals surface area contributed by atoms with Crippen LogP contribution < -0.4 is 16.0 Å². The van der Waals surface area contributed by atoms with Gasteiger partial charge in [-0.25, -0.2) is 9.78 Å². The number of benzene rings is 2. The van der Waals surface area contributed by atoms with Gasteiger partial charge in [-0.3, -0.25) is 19.2 Å². The second-order valence-electron chi connectivity index (χ2n) is 10.1. The molecule has 3 N–H and O–H groups in total. The molecule has 0 saturated heterocycles. The lowest BCUT2D eigenvalue weighted by molar-refractivity contribution is -0.151. The Morgan fingerprint density at radius 1 is 1.02 bits per heavy atom. The van der Waals surface area contributed by atoms with Gasteiger partial charge in [-0.05, 0) is 47.9 Å². The van der Waals surface area contributed by atoms with E-state index in [9.17, 15) is 24.0 Å². The molecule has 0 radical (unpaired) electrons. The predicted molar refractivity (Wildman–Crippen MR) is 168 cm³/mol. The lowest BCUT2D eigenvalue weighted by Gasteiger charge is -2.23. The number of allylic oxidation sites excluding steroid dienone is 2. The average Bonchev–Trinajstić information content (AvgIpc) is 3.01. The van der Waals surface area contributed by atoms with Crippen LogP contribution in [-0.2, 0) is 36.9 Å². The van der Waals surface area contributed by atoms with E-state index in [2.05, 4.69) is 20.9 Å². The summed E-state index contributed by atoms with van der Waals surface area (Å²) in [5.74, 6) is -1.90. The number of nitrogens with one attached hydrogen (secondary N) is 3. The Kier molecular flexibility index (Phi) is 11.4. The van der Waals surface area contributed by atoms with Crippen LogP contribution in [0.3, 0.4) is 0 Å². The molecule has 1 aliphatic heterocycles. The molecule has 0 aliphatic carbocycles. The highest BCUT2D eigenvalue weighted by atomic mass is 32.2. The zero-order chi connectivity index (χ0) is 31.5. The minimum absolute atomic E-state index is 0.00435. The minimum atomic E-state index is -1.15. The number of amides is 3. The molecule has 11 heteroatoms. The lowest BCUT2D eigenvalue weighted by Crippen LogP contribution is -2.47. The van der Waals surface area contributed by atoms with Crippen LogP contribution in [0.25, 0.3) is 10.8 Å². The molecule has 0 fully saturated rings. The Balaban J connectivity index is 1.67. The molecule has 228 valence electrons. The van der Waals surface area contributed by atoms with Crippen molar-refractivity contribution in [1.29, 1.82) is 0 Å². The van der Waals surface area contributed by atoms with Crippen LogP contribution in [-0.4, -0.2) is 51.7 Å². The van der Waals surface area contributed by atoms with Crippen LogP contribution in [0.4, 0.5) is 0 Å². The van der Waals surface area contributed by atoms with Crippen molar-refractivity contribution in [1.82, 2.24) is 20.9 Å². The van der Waals surface area contributed by atoms with E-state index < -0.39 is 35.8 Å². The van der Waals surface area contributed by atoms with Crippen LogP contribution in [0.15, 0.2) is 84.6 Å². The number of cyclic esters (lactones) is 1. The molecule has 0 saturated carbocycles. The fourth-order valence-corrected chi connectivity index (χ4v) is 5.16. The molecule has 2 atom stereocenters. The van der Waals surface area contributed by atoms with E-state index in [4.69, 9.17) is 4.74 Å². The number of rotatable bonds is 6. The van der Waals surface area contributed by atoms with Gasteiger partial charge in [0.2, 0.25) is 5.91 Å². The van der Waals surface area contributed by atoms with Gasteiger partial charge in [0.05, 0.1) is 18.7 Å². The van der Waals surface area contributed by atoms with Gasteiger partial charge in [-0.1, -0.05) is 72.4 Å². The monoisotopic (exact) mass is 614 g/mol. The van der Waals surface area contributed by atoms with Crippen molar-refractivity contribution >= 4 is 51.3 Å². The summed E-state index contributed by atoms with van der Waals surface area (Å²) < 4.78 is 5.83. The molecule has 10 nitrogen and oxygen atoms in total. The summed E-state index contributed by atoms with van der Waals surface area (Å²) in [6, 6.07) is 17.0. The van der Waals surface area contributed by atoms with Crippen molar-refractivity contribution in [3.8, 4) is 0 Å². The molecule has 2 heterocycles. The maximum absolute atomic E-state index is 13.7. The number of aromatic nitrogens is 1. The first-order chi connectivity index (χ1) is 21.2. The number of nitrogens with zero attached hydrogens (tertiary/aromatic N) is 1. The number of ether oxygens (including phenoxy) is 1. The zero-order valence-corrected chi connectivity index (χ0v) is 25.3. The number of hydrogen-bond acceptors (Lipinski definition) is 8. The van der Waals surface area contributed by atoms with Gasteiger partial charge in [0.1, 0.15) is 23.5 Å². The molecule has 0 unspecified atom stereocenters. The van der Waals surface area contributed by atoms with E-state index in [1.54, 1.807) is 31.2 Å². The van der Waals surface area contributed by atoms with Crippen molar-refractivity contribution in [2.45, 2.75) is 51.8 Å². The van der Waals surface area contributed by atoms with Crippen LogP contribution in [0.5, 0.6) is 0 Å². The quantitative estimate of drug-likeness (QED) is 0.165. The third-order valence-corrected chi connectivity index (χ3v) is 7.62. The van der Waals surface area contributed by atoms with E-state index in [-0.39, 0.29) is 35.9 Å². The smallest absolute Gasteiger partial charge is 0.329 e. The number of fused-ring (bicyclic) bond motifs is 3. The van der Waals surface area contributed by atoms with Gasteiger partial charge >= 0.3 is 5.97 Å². The molecule has 44 heavy (non-hydrogen) atoms. The molecule has 3 aromatic rings. The van der Waals surface area contributed by atoms with Crippen LogP contribution >= 0.6 is 11.8 Å². The summed E-state index contributed by atoms with van der Waals surface area (Å²) >= 11 is 1.18. The fraction of sp³-hybridized carbons (Fsp3) is 0.273. The van der Waals surface area contributed by atoms with Crippen molar-refractivity contribution < 1.29 is 28.7 Å². The van der Waals surface area contributed by atoms with Crippen LogP contribution in [0, 0.1) is 0 Å². The standard InChI is InChI=1S/C33H34N4O6S/c1-3-27-31(40)37-29(18-23-12-8-11-22-10-4-5-15-26(22)23)33(42)43-25(14-6-7-17-44-21(2)38)19-30(39)34-20-24-13-9-16-28(35-24)32(41)36-27/h3-6,8-16,25,29H,7,17-20H2,1-2H3,(H,34,39)(H,36,41)(H,37,40)/b14-6+,27-3-/t25-,29+/m1/s1. The van der Waals surface area contributed by atoms with E-state index in [1.807, 2.05) is 42.5 Å². The number of thioether (sulfide) groups is 1. The lowest BCUT2D eigenvalue weighted by atomic mass is 9.98.